The first-order valence-electron chi connectivity index (χ1n) is 11.1. The van der Waals surface area contributed by atoms with Gasteiger partial charge in [0, 0.05) is 37.1 Å². The van der Waals surface area contributed by atoms with Gasteiger partial charge in [-0.2, -0.15) is 4.98 Å². The monoisotopic (exact) mass is 482 g/mol. The Kier molecular flexibility index (Phi) is 6.50. The van der Waals surface area contributed by atoms with Gasteiger partial charge in [-0.15, -0.1) is 21.5 Å². The average Bonchev–Trinajstić information content (AvgIpc) is 3.54. The van der Waals surface area contributed by atoms with Gasteiger partial charge in [0.2, 0.25) is 17.6 Å². The van der Waals surface area contributed by atoms with E-state index >= 15 is 0 Å². The van der Waals surface area contributed by atoms with Crippen LogP contribution in [0.3, 0.4) is 0 Å². The first-order chi connectivity index (χ1) is 16.2. The second kappa shape index (κ2) is 9.84. The summed E-state index contributed by atoms with van der Waals surface area (Å²) in [5.74, 6) is 2.79. The number of nitrogens with one attached hydrogen (secondary N) is 1. The summed E-state index contributed by atoms with van der Waals surface area (Å²) in [5.41, 5.74) is 1.46. The normalized spacial score (nSPS) is 13.5. The third-order valence-electron chi connectivity index (χ3n) is 5.60. The predicted octanol–water partition coefficient (Wildman–Crippen LogP) is 5.40. The standard InChI is InChI=1S/C23H23ClN6O2S/c24-17-11-10-15(14-16(17)23-28-27-19-7-2-1-3-12-30(19)23)25-20(31)8-4-9-21-26-22(29-32-21)18-6-5-13-33-18/h5-6,10-11,13-14H,1-4,7-9,12H2,(H,25,31). The van der Waals surface area contributed by atoms with Crippen LogP contribution in [0.15, 0.2) is 40.2 Å². The van der Waals surface area contributed by atoms with Crippen molar-refractivity contribution in [2.75, 3.05) is 5.32 Å². The molecule has 0 aliphatic carbocycles. The molecule has 1 aliphatic heterocycles. The molecule has 0 fully saturated rings. The van der Waals surface area contributed by atoms with Gasteiger partial charge in [-0.1, -0.05) is 29.2 Å². The molecule has 10 heteroatoms. The second-order valence-corrected chi connectivity index (χ2v) is 9.34. The second-order valence-electron chi connectivity index (χ2n) is 7.99. The van der Waals surface area contributed by atoms with Gasteiger partial charge in [0.15, 0.2) is 5.82 Å². The zero-order valence-electron chi connectivity index (χ0n) is 18.0. The van der Waals surface area contributed by atoms with E-state index in [2.05, 4.69) is 30.2 Å². The average molecular weight is 483 g/mol. The van der Waals surface area contributed by atoms with Crippen molar-refractivity contribution >= 4 is 34.5 Å². The van der Waals surface area contributed by atoms with E-state index in [0.717, 1.165) is 47.9 Å². The van der Waals surface area contributed by atoms with Gasteiger partial charge < -0.3 is 14.4 Å². The Balaban J connectivity index is 1.20. The van der Waals surface area contributed by atoms with Crippen LogP contribution in [0, 0.1) is 0 Å². The van der Waals surface area contributed by atoms with Crippen LogP contribution in [-0.2, 0) is 24.2 Å². The van der Waals surface area contributed by atoms with Gasteiger partial charge >= 0.3 is 0 Å². The van der Waals surface area contributed by atoms with Gasteiger partial charge in [0.1, 0.15) is 5.82 Å². The molecule has 0 atom stereocenters. The van der Waals surface area contributed by atoms with Crippen molar-refractivity contribution in [1.29, 1.82) is 0 Å². The van der Waals surface area contributed by atoms with E-state index in [1.807, 2.05) is 23.6 Å². The van der Waals surface area contributed by atoms with E-state index in [-0.39, 0.29) is 5.91 Å². The smallest absolute Gasteiger partial charge is 0.226 e. The number of amides is 1. The lowest BCUT2D eigenvalue weighted by atomic mass is 10.1. The zero-order valence-corrected chi connectivity index (χ0v) is 19.5. The van der Waals surface area contributed by atoms with Crippen molar-refractivity contribution in [3.8, 4) is 22.1 Å². The Labute approximate surface area is 200 Å². The van der Waals surface area contributed by atoms with Crippen LogP contribution in [0.2, 0.25) is 5.02 Å². The van der Waals surface area contributed by atoms with Crippen LogP contribution < -0.4 is 5.32 Å². The number of anilines is 1. The van der Waals surface area contributed by atoms with Gasteiger partial charge in [0.25, 0.3) is 0 Å². The number of aryl methyl sites for hydroxylation is 2. The number of carbonyl (C=O) groups excluding carboxylic acids is 1. The van der Waals surface area contributed by atoms with Crippen LogP contribution in [0.5, 0.6) is 0 Å². The summed E-state index contributed by atoms with van der Waals surface area (Å²) in [6.07, 6.45) is 5.83. The van der Waals surface area contributed by atoms with Crippen molar-refractivity contribution in [3.05, 3.63) is 52.4 Å². The minimum atomic E-state index is -0.0821. The molecule has 170 valence electrons. The molecule has 4 aromatic rings. The van der Waals surface area contributed by atoms with E-state index < -0.39 is 0 Å². The highest BCUT2D eigenvalue weighted by atomic mass is 35.5. The molecule has 1 amide bonds. The molecule has 3 aromatic heterocycles. The fourth-order valence-corrected chi connectivity index (χ4v) is 4.80. The van der Waals surface area contributed by atoms with Gasteiger partial charge in [0.05, 0.1) is 9.90 Å². The quantitative estimate of drug-likeness (QED) is 0.378. The molecular formula is C23H23ClN6O2S. The Morgan fingerprint density at radius 2 is 2.15 bits per heavy atom. The third-order valence-corrected chi connectivity index (χ3v) is 6.80. The van der Waals surface area contributed by atoms with Crippen LogP contribution >= 0.6 is 22.9 Å². The van der Waals surface area contributed by atoms with Gasteiger partial charge in [-0.3, -0.25) is 4.79 Å². The summed E-state index contributed by atoms with van der Waals surface area (Å²) in [5, 5.41) is 18.3. The first kappa shape index (κ1) is 21.8. The Morgan fingerprint density at radius 3 is 3.03 bits per heavy atom. The molecule has 0 bridgehead atoms. The Hall–Kier alpha value is -3.04. The minimum absolute atomic E-state index is 0.0821. The molecule has 0 radical (unpaired) electrons. The molecule has 0 unspecified atom stereocenters. The highest BCUT2D eigenvalue weighted by Gasteiger charge is 2.19. The lowest BCUT2D eigenvalue weighted by Gasteiger charge is -2.11. The van der Waals surface area contributed by atoms with Gasteiger partial charge in [-0.05, 0) is 48.9 Å². The highest BCUT2D eigenvalue weighted by Crippen LogP contribution is 2.31. The summed E-state index contributed by atoms with van der Waals surface area (Å²) in [7, 11) is 0. The van der Waals surface area contributed by atoms with Gasteiger partial charge in [-0.25, -0.2) is 0 Å². The summed E-state index contributed by atoms with van der Waals surface area (Å²) >= 11 is 8.04. The van der Waals surface area contributed by atoms with E-state index in [4.69, 9.17) is 16.1 Å². The fourth-order valence-electron chi connectivity index (χ4n) is 3.94. The van der Waals surface area contributed by atoms with Crippen molar-refractivity contribution in [1.82, 2.24) is 24.9 Å². The van der Waals surface area contributed by atoms with E-state index in [1.54, 1.807) is 23.5 Å². The minimum Gasteiger partial charge on any atom is -0.339 e. The van der Waals surface area contributed by atoms with Crippen molar-refractivity contribution in [2.45, 2.75) is 51.5 Å². The Morgan fingerprint density at radius 1 is 1.21 bits per heavy atom. The molecule has 4 heterocycles. The molecule has 5 rings (SSSR count). The number of hydrogen-bond acceptors (Lipinski definition) is 7. The van der Waals surface area contributed by atoms with Crippen molar-refractivity contribution < 1.29 is 9.32 Å². The molecular weight excluding hydrogens is 460 g/mol. The predicted molar refractivity (Wildman–Crippen MR) is 127 cm³/mol. The maximum atomic E-state index is 12.5. The van der Waals surface area contributed by atoms with E-state index in [9.17, 15) is 4.79 Å². The van der Waals surface area contributed by atoms with Crippen LogP contribution in [-0.4, -0.2) is 30.8 Å². The summed E-state index contributed by atoms with van der Waals surface area (Å²) in [4.78, 5) is 17.9. The molecule has 0 saturated heterocycles. The summed E-state index contributed by atoms with van der Waals surface area (Å²) in [6.45, 7) is 0.883. The number of hydrogen-bond donors (Lipinski definition) is 1. The highest BCUT2D eigenvalue weighted by molar-refractivity contribution is 7.13. The van der Waals surface area contributed by atoms with Crippen molar-refractivity contribution in [2.24, 2.45) is 0 Å². The number of halogens is 1. The SMILES string of the molecule is O=C(CCCc1nc(-c2cccs2)no1)Nc1ccc(Cl)c(-c2nnc3n2CCCCC3)c1. The molecule has 8 nitrogen and oxygen atoms in total. The lowest BCUT2D eigenvalue weighted by Crippen LogP contribution is -2.12. The van der Waals surface area contributed by atoms with E-state index in [1.165, 1.54) is 6.42 Å². The van der Waals surface area contributed by atoms with Crippen molar-refractivity contribution in [3.63, 3.8) is 0 Å². The molecule has 0 spiro atoms. The number of nitrogens with zero attached hydrogens (tertiary/aromatic N) is 5. The molecule has 1 aliphatic rings. The van der Waals surface area contributed by atoms with E-state index in [0.29, 0.717) is 41.7 Å². The fraction of sp³-hybridized carbons (Fsp3) is 0.348. The number of aromatic nitrogens is 5. The number of fused-ring (bicyclic) bond motifs is 1. The first-order valence-corrected chi connectivity index (χ1v) is 12.3. The number of rotatable bonds is 7. The molecule has 33 heavy (non-hydrogen) atoms. The topological polar surface area (TPSA) is 98.7 Å². The van der Waals surface area contributed by atoms with Crippen LogP contribution in [0.25, 0.3) is 22.1 Å². The van der Waals surface area contributed by atoms with Crippen LogP contribution in [0.4, 0.5) is 5.69 Å². The maximum Gasteiger partial charge on any atom is 0.226 e. The summed E-state index contributed by atoms with van der Waals surface area (Å²) in [6, 6.07) is 9.35. The summed E-state index contributed by atoms with van der Waals surface area (Å²) < 4.78 is 7.44. The van der Waals surface area contributed by atoms with Crippen LogP contribution in [0.1, 0.15) is 43.8 Å². The molecule has 1 N–H and O–H groups in total. The largest absolute Gasteiger partial charge is 0.339 e. The number of carbonyl (C=O) groups is 1. The maximum absolute atomic E-state index is 12.5. The third kappa shape index (κ3) is 4.99. The molecule has 1 aromatic carbocycles. The lowest BCUT2D eigenvalue weighted by molar-refractivity contribution is -0.116. The molecule has 0 saturated carbocycles. The number of thiophene rings is 1. The number of benzene rings is 1. The Bertz CT molecular complexity index is 1250. The zero-order chi connectivity index (χ0) is 22.6.